The zero-order chi connectivity index (χ0) is 23.1. The second kappa shape index (κ2) is 12.1. The van der Waals surface area contributed by atoms with Crippen molar-refractivity contribution in [2.24, 2.45) is 0 Å². The van der Waals surface area contributed by atoms with E-state index in [0.29, 0.717) is 18.6 Å². The molecule has 2 aromatic carbocycles. The number of hydrogen-bond acceptors (Lipinski definition) is 4. The summed E-state index contributed by atoms with van der Waals surface area (Å²) < 4.78 is 47.5. The quantitative estimate of drug-likeness (QED) is 0.697. The van der Waals surface area contributed by atoms with Gasteiger partial charge in [-0.25, -0.2) is 0 Å². The Balaban J connectivity index is 0.000000241. The molecule has 0 unspecified atom stereocenters. The topological polar surface area (TPSA) is 50.8 Å². The highest BCUT2D eigenvalue weighted by molar-refractivity contribution is 5.85. The van der Waals surface area contributed by atoms with Gasteiger partial charge in [0.05, 0.1) is 14.2 Å². The van der Waals surface area contributed by atoms with E-state index in [1.54, 1.807) is 13.2 Å². The van der Waals surface area contributed by atoms with E-state index in [1.165, 1.54) is 18.2 Å². The monoisotopic (exact) mass is 486 g/mol. The summed E-state index contributed by atoms with van der Waals surface area (Å²) in [6.45, 7) is 2.36. The summed E-state index contributed by atoms with van der Waals surface area (Å²) in [6, 6.07) is 11.8. The van der Waals surface area contributed by atoms with Gasteiger partial charge in [0.25, 0.3) is 0 Å². The number of benzene rings is 2. The summed E-state index contributed by atoms with van der Waals surface area (Å²) in [7, 11) is 3.26. The zero-order valence-corrected chi connectivity index (χ0v) is 19.7. The van der Waals surface area contributed by atoms with Crippen molar-refractivity contribution in [3.8, 4) is 11.5 Å². The van der Waals surface area contributed by atoms with Gasteiger partial charge in [-0.1, -0.05) is 12.1 Å². The number of nitrogens with one attached hydrogen (secondary N) is 1. The average molecular weight is 487 g/mol. The number of nitrogens with zero attached hydrogens (tertiary/aromatic N) is 1. The van der Waals surface area contributed by atoms with Crippen LogP contribution < -0.4 is 14.8 Å². The molecule has 0 radical (unpaired) electrons. The van der Waals surface area contributed by atoms with Gasteiger partial charge in [-0.2, -0.15) is 13.2 Å². The van der Waals surface area contributed by atoms with E-state index in [4.69, 9.17) is 9.47 Å². The van der Waals surface area contributed by atoms with Crippen LogP contribution in [0.2, 0.25) is 0 Å². The minimum Gasteiger partial charge on any atom is -0.497 e. The predicted molar refractivity (Wildman–Crippen MR) is 124 cm³/mol. The Kier molecular flexibility index (Phi) is 9.86. The normalized spacial score (nSPS) is 15.4. The summed E-state index contributed by atoms with van der Waals surface area (Å²) in [4.78, 5) is 12.1. The molecule has 182 valence electrons. The van der Waals surface area contributed by atoms with Crippen LogP contribution in [0.25, 0.3) is 0 Å². The van der Waals surface area contributed by atoms with Crippen molar-refractivity contribution in [1.29, 1.82) is 0 Å². The van der Waals surface area contributed by atoms with E-state index in [0.717, 1.165) is 47.7 Å². The van der Waals surface area contributed by atoms with Crippen LogP contribution in [0.5, 0.6) is 11.5 Å². The number of carbonyl (C=O) groups is 1. The second-order valence-electron chi connectivity index (χ2n) is 7.81. The summed E-state index contributed by atoms with van der Waals surface area (Å²) in [5.74, 6) is -0.109. The molecule has 33 heavy (non-hydrogen) atoms. The predicted octanol–water partition coefficient (Wildman–Crippen LogP) is 3.99. The Labute approximate surface area is 198 Å². The molecular formula is C24H30ClF3N2O3. The van der Waals surface area contributed by atoms with Gasteiger partial charge in [0.2, 0.25) is 0 Å². The first kappa shape index (κ1) is 26.8. The van der Waals surface area contributed by atoms with E-state index >= 15 is 0 Å². The largest absolute Gasteiger partial charge is 0.497 e. The maximum Gasteiger partial charge on any atom is 0.471 e. The minimum atomic E-state index is -4.80. The second-order valence-corrected chi connectivity index (χ2v) is 7.81. The number of fused-ring (bicyclic) bond motifs is 2. The van der Waals surface area contributed by atoms with Crippen molar-refractivity contribution >= 4 is 18.3 Å². The van der Waals surface area contributed by atoms with Gasteiger partial charge >= 0.3 is 12.1 Å². The number of ether oxygens (including phenoxy) is 2. The van der Waals surface area contributed by atoms with E-state index < -0.39 is 12.1 Å². The fraction of sp³-hybridized carbons (Fsp3) is 0.458. The van der Waals surface area contributed by atoms with E-state index in [9.17, 15) is 18.0 Å². The zero-order valence-electron chi connectivity index (χ0n) is 18.8. The first-order chi connectivity index (χ1) is 15.3. The van der Waals surface area contributed by atoms with Crippen molar-refractivity contribution in [3.63, 3.8) is 0 Å². The molecule has 2 aliphatic heterocycles. The molecular weight excluding hydrogens is 457 g/mol. The van der Waals surface area contributed by atoms with Crippen LogP contribution in [-0.4, -0.2) is 57.4 Å². The van der Waals surface area contributed by atoms with Crippen LogP contribution in [0.4, 0.5) is 13.2 Å². The third-order valence-electron chi connectivity index (χ3n) is 5.80. The Morgan fingerprint density at radius 2 is 1.27 bits per heavy atom. The van der Waals surface area contributed by atoms with Crippen LogP contribution >= 0.6 is 12.4 Å². The molecule has 0 bridgehead atoms. The fourth-order valence-corrected chi connectivity index (χ4v) is 3.99. The SMILES string of the molecule is COc1ccc2c(c1)CCN(C(=O)C(F)(F)F)CC2.COc1ccc2c(c1)CCNCC2.Cl. The van der Waals surface area contributed by atoms with Crippen molar-refractivity contribution in [3.05, 3.63) is 58.7 Å². The molecule has 9 heteroatoms. The molecule has 1 N–H and O–H groups in total. The van der Waals surface area contributed by atoms with Crippen LogP contribution in [0.1, 0.15) is 22.3 Å². The summed E-state index contributed by atoms with van der Waals surface area (Å²) in [6.07, 6.45) is -1.70. The number of hydrogen-bond donors (Lipinski definition) is 1. The Hall–Kier alpha value is -2.45. The van der Waals surface area contributed by atoms with Gasteiger partial charge in [0.1, 0.15) is 11.5 Å². The number of amides is 1. The maximum atomic E-state index is 12.4. The molecule has 0 atom stereocenters. The van der Waals surface area contributed by atoms with Gasteiger partial charge < -0.3 is 19.7 Å². The number of halogens is 4. The van der Waals surface area contributed by atoms with Gasteiger partial charge in [-0.3, -0.25) is 4.79 Å². The van der Waals surface area contributed by atoms with E-state index in [-0.39, 0.29) is 25.5 Å². The van der Waals surface area contributed by atoms with Gasteiger partial charge in [-0.15, -0.1) is 12.4 Å². The smallest absolute Gasteiger partial charge is 0.471 e. The standard InChI is InChI=1S/C13H14F3NO2.C11H15NO.ClH/c1-19-11-3-2-9-4-6-17(7-5-10(9)8-11)12(18)13(14,15)16;1-13-11-3-2-9-4-6-12-7-5-10(9)8-11;/h2-3,8H,4-7H2,1H3;2-3,8,12H,4-7H2,1H3;1H. The van der Waals surface area contributed by atoms with Gasteiger partial charge in [-0.05, 0) is 85.3 Å². The molecule has 4 rings (SSSR count). The fourth-order valence-electron chi connectivity index (χ4n) is 3.99. The van der Waals surface area contributed by atoms with Crippen LogP contribution in [0.15, 0.2) is 36.4 Å². The first-order valence-corrected chi connectivity index (χ1v) is 10.7. The van der Waals surface area contributed by atoms with Crippen LogP contribution in [0.3, 0.4) is 0 Å². The molecule has 0 fully saturated rings. The summed E-state index contributed by atoms with van der Waals surface area (Å²) >= 11 is 0. The highest BCUT2D eigenvalue weighted by atomic mass is 35.5. The number of carbonyl (C=O) groups excluding carboxylic acids is 1. The van der Waals surface area contributed by atoms with Crippen LogP contribution in [-0.2, 0) is 30.5 Å². The molecule has 2 aromatic rings. The van der Waals surface area contributed by atoms with Gasteiger partial charge in [0.15, 0.2) is 0 Å². The Morgan fingerprint density at radius 3 is 1.79 bits per heavy atom. The van der Waals surface area contributed by atoms with E-state index in [1.807, 2.05) is 18.2 Å². The molecule has 5 nitrogen and oxygen atoms in total. The first-order valence-electron chi connectivity index (χ1n) is 10.7. The number of rotatable bonds is 2. The van der Waals surface area contributed by atoms with Crippen LogP contribution in [0, 0.1) is 0 Å². The van der Waals surface area contributed by atoms with E-state index in [2.05, 4.69) is 17.4 Å². The molecule has 1 amide bonds. The molecule has 0 saturated carbocycles. The lowest BCUT2D eigenvalue weighted by Gasteiger charge is -2.21. The van der Waals surface area contributed by atoms with Crippen molar-refractivity contribution in [1.82, 2.24) is 10.2 Å². The van der Waals surface area contributed by atoms with Crippen molar-refractivity contribution in [2.75, 3.05) is 40.4 Å². The van der Waals surface area contributed by atoms with Crippen molar-refractivity contribution < 1.29 is 27.4 Å². The lowest BCUT2D eigenvalue weighted by atomic mass is 10.0. The lowest BCUT2D eigenvalue weighted by Crippen LogP contribution is -2.42. The number of methoxy groups -OCH3 is 2. The maximum absolute atomic E-state index is 12.4. The summed E-state index contributed by atoms with van der Waals surface area (Å²) in [5, 5.41) is 3.39. The molecule has 0 saturated heterocycles. The van der Waals surface area contributed by atoms with Gasteiger partial charge in [0, 0.05) is 13.1 Å². The number of alkyl halides is 3. The average Bonchev–Trinajstić information content (AvgIpc) is 3.15. The minimum absolute atomic E-state index is 0. The molecule has 2 aliphatic rings. The van der Waals surface area contributed by atoms with Crippen molar-refractivity contribution in [2.45, 2.75) is 31.9 Å². The highest BCUT2D eigenvalue weighted by Crippen LogP contribution is 2.24. The molecule has 2 heterocycles. The summed E-state index contributed by atoms with van der Waals surface area (Å²) in [5.41, 5.74) is 4.81. The third-order valence-corrected chi connectivity index (χ3v) is 5.80. The third kappa shape index (κ3) is 7.27. The highest BCUT2D eigenvalue weighted by Gasteiger charge is 2.42. The lowest BCUT2D eigenvalue weighted by molar-refractivity contribution is -0.185. The molecule has 0 aromatic heterocycles. The molecule has 0 aliphatic carbocycles. The molecule has 0 spiro atoms. The Bertz CT molecular complexity index is 938. The Morgan fingerprint density at radius 1 is 0.818 bits per heavy atom.